The van der Waals surface area contributed by atoms with E-state index in [-0.39, 0.29) is 29.8 Å². The lowest BCUT2D eigenvalue weighted by atomic mass is 10.2. The smallest absolute Gasteiger partial charge is 0.335 e. The lowest BCUT2D eigenvalue weighted by Gasteiger charge is -2.09. The number of ether oxygens (including phenoxy) is 1. The third-order valence-corrected chi connectivity index (χ3v) is 3.86. The summed E-state index contributed by atoms with van der Waals surface area (Å²) in [7, 11) is -2.65. The van der Waals surface area contributed by atoms with Crippen LogP contribution in [0.3, 0.4) is 0 Å². The maximum Gasteiger partial charge on any atom is 0.335 e. The zero-order chi connectivity index (χ0) is 16.0. The van der Waals surface area contributed by atoms with Gasteiger partial charge in [0.2, 0.25) is 10.0 Å². The van der Waals surface area contributed by atoms with E-state index in [2.05, 4.69) is 4.74 Å². The number of carboxylic acid groups (broad SMARTS) is 1. The Hall–Kier alpha value is -2.16. The number of hydrogen-bond donors (Lipinski definition) is 2. The highest BCUT2D eigenvalue weighted by molar-refractivity contribution is 7.92. The first kappa shape index (κ1) is 16.9. The first-order chi connectivity index (χ1) is 9.75. The van der Waals surface area contributed by atoms with Crippen molar-refractivity contribution in [2.75, 3.05) is 17.6 Å². The molecule has 1 aromatic carbocycles. The van der Waals surface area contributed by atoms with Crippen molar-refractivity contribution in [2.45, 2.75) is 12.8 Å². The van der Waals surface area contributed by atoms with Gasteiger partial charge in [-0.3, -0.25) is 9.52 Å². The van der Waals surface area contributed by atoms with E-state index < -0.39 is 27.8 Å². The number of anilines is 1. The van der Waals surface area contributed by atoms with Crippen LogP contribution in [0.25, 0.3) is 0 Å². The molecule has 0 saturated heterocycles. The molecule has 0 unspecified atom stereocenters. The van der Waals surface area contributed by atoms with Crippen LogP contribution in [0.2, 0.25) is 0 Å². The summed E-state index contributed by atoms with van der Waals surface area (Å²) in [4.78, 5) is 21.5. The van der Waals surface area contributed by atoms with Crippen LogP contribution >= 0.6 is 0 Å². The average Bonchev–Trinajstić information content (AvgIpc) is 2.40. The maximum absolute atomic E-state index is 13.6. The molecule has 0 aliphatic rings. The van der Waals surface area contributed by atoms with Gasteiger partial charge in [-0.05, 0) is 24.6 Å². The van der Waals surface area contributed by atoms with E-state index >= 15 is 0 Å². The Labute approximate surface area is 120 Å². The standard InChI is InChI=1S/C12H14FNO6S/c1-20-11(15)3-2-6-21(18,19)14-10-5-4-8(12(16)17)7-9(10)13/h4-5,7,14H,2-3,6H2,1H3,(H,16,17). The number of hydrogen-bond acceptors (Lipinski definition) is 5. The van der Waals surface area contributed by atoms with Crippen molar-refractivity contribution in [3.8, 4) is 0 Å². The van der Waals surface area contributed by atoms with Crippen LogP contribution in [0.1, 0.15) is 23.2 Å². The number of carboxylic acids is 1. The predicted octanol–water partition coefficient (Wildman–Crippen LogP) is 1.22. The Balaban J connectivity index is 2.71. The van der Waals surface area contributed by atoms with Gasteiger partial charge in [-0.25, -0.2) is 17.6 Å². The highest BCUT2D eigenvalue weighted by Crippen LogP contribution is 2.17. The molecular formula is C12H14FNO6S. The van der Waals surface area contributed by atoms with E-state index in [4.69, 9.17) is 5.11 Å². The van der Waals surface area contributed by atoms with Gasteiger partial charge in [0, 0.05) is 6.42 Å². The number of esters is 1. The number of methoxy groups -OCH3 is 1. The molecule has 2 N–H and O–H groups in total. The summed E-state index contributed by atoms with van der Waals surface area (Å²) in [5, 5.41) is 8.68. The van der Waals surface area contributed by atoms with Crippen molar-refractivity contribution in [1.29, 1.82) is 0 Å². The van der Waals surface area contributed by atoms with E-state index in [1.54, 1.807) is 0 Å². The molecular weight excluding hydrogens is 305 g/mol. The maximum atomic E-state index is 13.6. The number of rotatable bonds is 7. The molecule has 0 bridgehead atoms. The molecule has 9 heteroatoms. The molecule has 7 nitrogen and oxygen atoms in total. The number of carbonyl (C=O) groups excluding carboxylic acids is 1. The Morgan fingerprint density at radius 2 is 2.05 bits per heavy atom. The number of aromatic carboxylic acids is 1. The first-order valence-corrected chi connectivity index (χ1v) is 7.50. The third-order valence-electron chi connectivity index (χ3n) is 2.50. The molecule has 21 heavy (non-hydrogen) atoms. The normalized spacial score (nSPS) is 11.0. The fraction of sp³-hybridized carbons (Fsp3) is 0.333. The largest absolute Gasteiger partial charge is 0.478 e. The van der Waals surface area contributed by atoms with Crippen molar-refractivity contribution >= 4 is 27.6 Å². The quantitative estimate of drug-likeness (QED) is 0.731. The highest BCUT2D eigenvalue weighted by Gasteiger charge is 2.15. The van der Waals surface area contributed by atoms with Crippen LogP contribution in [-0.4, -0.2) is 38.3 Å². The second-order valence-electron chi connectivity index (χ2n) is 4.10. The van der Waals surface area contributed by atoms with E-state index in [1.165, 1.54) is 7.11 Å². The monoisotopic (exact) mass is 319 g/mol. The number of benzene rings is 1. The van der Waals surface area contributed by atoms with Crippen molar-refractivity contribution in [2.24, 2.45) is 0 Å². The van der Waals surface area contributed by atoms with Crippen molar-refractivity contribution in [3.05, 3.63) is 29.6 Å². The van der Waals surface area contributed by atoms with Crippen LogP contribution in [-0.2, 0) is 19.6 Å². The molecule has 0 fully saturated rings. The topological polar surface area (TPSA) is 110 Å². The Morgan fingerprint density at radius 1 is 1.38 bits per heavy atom. The summed E-state index contributed by atoms with van der Waals surface area (Å²) in [6, 6.07) is 2.82. The van der Waals surface area contributed by atoms with E-state index in [9.17, 15) is 22.4 Å². The summed E-state index contributed by atoms with van der Waals surface area (Å²) in [6.07, 6.45) is -0.0469. The number of nitrogens with one attached hydrogen (secondary N) is 1. The van der Waals surface area contributed by atoms with E-state index in [0.29, 0.717) is 6.07 Å². The van der Waals surface area contributed by atoms with Crippen LogP contribution < -0.4 is 4.72 Å². The molecule has 0 saturated carbocycles. The minimum atomic E-state index is -3.84. The summed E-state index contributed by atoms with van der Waals surface area (Å²) in [5.74, 6) is -3.24. The molecule has 0 atom stereocenters. The Kier molecular flexibility index (Phi) is 5.65. The molecule has 1 rings (SSSR count). The zero-order valence-corrected chi connectivity index (χ0v) is 11.9. The summed E-state index contributed by atoms with van der Waals surface area (Å²) < 4.78 is 43.3. The lowest BCUT2D eigenvalue weighted by Crippen LogP contribution is -2.18. The molecule has 0 radical (unpaired) electrons. The second kappa shape index (κ2) is 7.02. The number of halogens is 1. The summed E-state index contributed by atoms with van der Waals surface area (Å²) in [5.41, 5.74) is -0.640. The number of carbonyl (C=O) groups is 2. The summed E-state index contributed by atoms with van der Waals surface area (Å²) in [6.45, 7) is 0. The molecule has 0 amide bonds. The van der Waals surface area contributed by atoms with Gasteiger partial charge in [-0.1, -0.05) is 0 Å². The van der Waals surface area contributed by atoms with Gasteiger partial charge in [-0.15, -0.1) is 0 Å². The van der Waals surface area contributed by atoms with E-state index in [0.717, 1.165) is 12.1 Å². The van der Waals surface area contributed by atoms with Crippen LogP contribution in [0.4, 0.5) is 10.1 Å². The average molecular weight is 319 g/mol. The summed E-state index contributed by atoms with van der Waals surface area (Å²) >= 11 is 0. The minimum Gasteiger partial charge on any atom is -0.478 e. The van der Waals surface area contributed by atoms with Crippen LogP contribution in [0, 0.1) is 5.82 Å². The van der Waals surface area contributed by atoms with Crippen LogP contribution in [0.15, 0.2) is 18.2 Å². The van der Waals surface area contributed by atoms with Gasteiger partial charge in [0.25, 0.3) is 0 Å². The van der Waals surface area contributed by atoms with Gasteiger partial charge < -0.3 is 9.84 Å². The minimum absolute atomic E-state index is 0.0246. The fourth-order valence-corrected chi connectivity index (χ4v) is 2.59. The van der Waals surface area contributed by atoms with Gasteiger partial charge in [0.1, 0.15) is 5.82 Å². The second-order valence-corrected chi connectivity index (χ2v) is 5.94. The number of sulfonamides is 1. The fourth-order valence-electron chi connectivity index (χ4n) is 1.46. The Morgan fingerprint density at radius 3 is 2.57 bits per heavy atom. The zero-order valence-electron chi connectivity index (χ0n) is 11.1. The molecule has 1 aromatic rings. The van der Waals surface area contributed by atoms with E-state index in [1.807, 2.05) is 4.72 Å². The van der Waals surface area contributed by atoms with Crippen molar-refractivity contribution in [1.82, 2.24) is 0 Å². The van der Waals surface area contributed by atoms with Gasteiger partial charge in [0.05, 0.1) is 24.1 Å². The predicted molar refractivity (Wildman–Crippen MR) is 72.0 cm³/mol. The van der Waals surface area contributed by atoms with Crippen LogP contribution in [0.5, 0.6) is 0 Å². The highest BCUT2D eigenvalue weighted by atomic mass is 32.2. The first-order valence-electron chi connectivity index (χ1n) is 5.85. The third kappa shape index (κ3) is 5.38. The SMILES string of the molecule is COC(=O)CCCS(=O)(=O)Nc1ccc(C(=O)O)cc1F. The van der Waals surface area contributed by atoms with Crippen molar-refractivity contribution in [3.63, 3.8) is 0 Å². The van der Waals surface area contributed by atoms with Gasteiger partial charge in [-0.2, -0.15) is 0 Å². The molecule has 0 heterocycles. The van der Waals surface area contributed by atoms with Gasteiger partial charge in [0.15, 0.2) is 0 Å². The molecule has 116 valence electrons. The van der Waals surface area contributed by atoms with Gasteiger partial charge >= 0.3 is 11.9 Å². The molecule has 0 aliphatic carbocycles. The molecule has 0 aromatic heterocycles. The Bertz CT molecular complexity index is 643. The van der Waals surface area contributed by atoms with Crippen molar-refractivity contribution < 1.29 is 32.2 Å². The molecule has 0 spiro atoms. The molecule has 0 aliphatic heterocycles. The lowest BCUT2D eigenvalue weighted by molar-refractivity contribution is -0.140.